The maximum absolute atomic E-state index is 11.5. The van der Waals surface area contributed by atoms with Gasteiger partial charge < -0.3 is 14.6 Å². The van der Waals surface area contributed by atoms with Crippen molar-refractivity contribution in [2.75, 3.05) is 7.11 Å². The Morgan fingerprint density at radius 2 is 2.24 bits per heavy atom. The third-order valence-electron chi connectivity index (χ3n) is 2.44. The highest BCUT2D eigenvalue weighted by molar-refractivity contribution is 7.71. The van der Waals surface area contributed by atoms with Crippen LogP contribution < -0.4 is 5.32 Å². The first-order valence-corrected chi connectivity index (χ1v) is 5.84. The Labute approximate surface area is 105 Å². The lowest BCUT2D eigenvalue weighted by molar-refractivity contribution is -0.130. The summed E-state index contributed by atoms with van der Waals surface area (Å²) in [5.41, 5.74) is 0. The van der Waals surface area contributed by atoms with E-state index in [0.29, 0.717) is 17.1 Å². The smallest absolute Gasteiger partial charge is 0.249 e. The fourth-order valence-electron chi connectivity index (χ4n) is 1.41. The Hall–Kier alpha value is -1.21. The van der Waals surface area contributed by atoms with Crippen molar-refractivity contribution in [2.45, 2.75) is 39.5 Å². The highest BCUT2D eigenvalue weighted by Crippen LogP contribution is 2.08. The molecule has 0 radical (unpaired) electrons. The predicted octanol–water partition coefficient (Wildman–Crippen LogP) is 1.17. The molecule has 1 rings (SSSR count). The van der Waals surface area contributed by atoms with Gasteiger partial charge >= 0.3 is 0 Å². The molecule has 17 heavy (non-hydrogen) atoms. The quantitative estimate of drug-likeness (QED) is 0.778. The number of nitrogens with one attached hydrogen (secondary N) is 2. The second kappa shape index (κ2) is 5.92. The minimum Gasteiger partial charge on any atom is -0.372 e. The standard InChI is InChI=1S/C10H18N4O2S/c1-6(2)14-8(12-13-10(14)17)5-11-9(15)7(3)16-4/h6-7H,5H2,1-4H3,(H,11,15)(H,13,17)/t7-/m0/s1. The molecule has 0 aliphatic carbocycles. The van der Waals surface area contributed by atoms with Crippen LogP contribution in [0.1, 0.15) is 32.6 Å². The van der Waals surface area contributed by atoms with Crippen LogP contribution >= 0.6 is 12.2 Å². The Morgan fingerprint density at radius 3 is 2.76 bits per heavy atom. The zero-order chi connectivity index (χ0) is 13.0. The van der Waals surface area contributed by atoms with Crippen molar-refractivity contribution >= 4 is 18.1 Å². The van der Waals surface area contributed by atoms with Crippen molar-refractivity contribution in [1.29, 1.82) is 0 Å². The van der Waals surface area contributed by atoms with Gasteiger partial charge in [-0.25, -0.2) is 0 Å². The summed E-state index contributed by atoms with van der Waals surface area (Å²) in [6.07, 6.45) is -0.468. The van der Waals surface area contributed by atoms with E-state index < -0.39 is 6.10 Å². The molecule has 1 atom stereocenters. The van der Waals surface area contributed by atoms with E-state index in [1.807, 2.05) is 18.4 Å². The Kier molecular flexibility index (Phi) is 4.83. The third-order valence-corrected chi connectivity index (χ3v) is 2.73. The van der Waals surface area contributed by atoms with Crippen molar-refractivity contribution in [1.82, 2.24) is 20.1 Å². The monoisotopic (exact) mass is 258 g/mol. The number of rotatable bonds is 5. The van der Waals surface area contributed by atoms with E-state index in [2.05, 4.69) is 15.5 Å². The number of aromatic amines is 1. The first kappa shape index (κ1) is 13.9. The Balaban J connectivity index is 2.70. The maximum Gasteiger partial charge on any atom is 0.249 e. The maximum atomic E-state index is 11.5. The number of carbonyl (C=O) groups is 1. The number of nitrogens with zero attached hydrogens (tertiary/aromatic N) is 2. The summed E-state index contributed by atoms with van der Waals surface area (Å²) in [7, 11) is 1.49. The molecule has 0 aromatic carbocycles. The van der Waals surface area contributed by atoms with Crippen LogP contribution in [0.3, 0.4) is 0 Å². The summed E-state index contributed by atoms with van der Waals surface area (Å²) in [6, 6.07) is 0.202. The van der Waals surface area contributed by atoms with E-state index in [4.69, 9.17) is 17.0 Å². The number of hydrogen-bond donors (Lipinski definition) is 2. The molecule has 0 saturated carbocycles. The summed E-state index contributed by atoms with van der Waals surface area (Å²) in [5, 5.41) is 9.55. The van der Waals surface area contributed by atoms with Crippen LogP contribution in [0.5, 0.6) is 0 Å². The highest BCUT2D eigenvalue weighted by Gasteiger charge is 2.14. The lowest BCUT2D eigenvalue weighted by Crippen LogP contribution is -2.34. The number of hydrogen-bond acceptors (Lipinski definition) is 4. The van der Waals surface area contributed by atoms with Crippen LogP contribution in [0.4, 0.5) is 0 Å². The van der Waals surface area contributed by atoms with Crippen molar-refractivity contribution in [3.05, 3.63) is 10.6 Å². The SMILES string of the molecule is CO[C@@H](C)C(=O)NCc1n[nH]c(=S)n1C(C)C. The molecule has 1 amide bonds. The largest absolute Gasteiger partial charge is 0.372 e. The number of amides is 1. The molecule has 0 aliphatic rings. The fourth-order valence-corrected chi connectivity index (χ4v) is 1.77. The zero-order valence-electron chi connectivity index (χ0n) is 10.5. The van der Waals surface area contributed by atoms with Gasteiger partial charge in [0.2, 0.25) is 5.91 Å². The number of aromatic nitrogens is 3. The van der Waals surface area contributed by atoms with Gasteiger partial charge in [-0.1, -0.05) is 0 Å². The van der Waals surface area contributed by atoms with Crippen LogP contribution in [-0.2, 0) is 16.1 Å². The molecular weight excluding hydrogens is 240 g/mol. The Bertz CT molecular complexity index is 438. The van der Waals surface area contributed by atoms with Crippen molar-refractivity contribution in [3.8, 4) is 0 Å². The zero-order valence-corrected chi connectivity index (χ0v) is 11.3. The minimum absolute atomic E-state index is 0.170. The molecule has 96 valence electrons. The van der Waals surface area contributed by atoms with Gasteiger partial charge in [-0.05, 0) is 33.0 Å². The average molecular weight is 258 g/mol. The number of ether oxygens (including phenoxy) is 1. The molecule has 0 bridgehead atoms. The van der Waals surface area contributed by atoms with E-state index >= 15 is 0 Å². The summed E-state index contributed by atoms with van der Waals surface area (Å²) < 4.78 is 7.34. The number of carbonyl (C=O) groups excluding carboxylic acids is 1. The van der Waals surface area contributed by atoms with Gasteiger partial charge in [-0.3, -0.25) is 9.89 Å². The molecule has 6 nitrogen and oxygen atoms in total. The summed E-state index contributed by atoms with van der Waals surface area (Å²) in [4.78, 5) is 11.5. The normalized spacial score (nSPS) is 12.8. The second-order valence-corrected chi connectivity index (χ2v) is 4.39. The molecule has 1 aromatic heterocycles. The van der Waals surface area contributed by atoms with Gasteiger partial charge in [-0.15, -0.1) is 0 Å². The summed E-state index contributed by atoms with van der Waals surface area (Å²) in [6.45, 7) is 6.04. The van der Waals surface area contributed by atoms with Crippen LogP contribution in [0.25, 0.3) is 0 Å². The predicted molar refractivity (Wildman–Crippen MR) is 66.1 cm³/mol. The van der Waals surface area contributed by atoms with Crippen molar-refractivity contribution in [2.24, 2.45) is 0 Å². The third kappa shape index (κ3) is 3.37. The average Bonchev–Trinajstić information content (AvgIpc) is 2.66. The van der Waals surface area contributed by atoms with Crippen LogP contribution in [-0.4, -0.2) is 33.9 Å². The lowest BCUT2D eigenvalue weighted by Gasteiger charge is -2.12. The molecule has 0 saturated heterocycles. The van der Waals surface area contributed by atoms with E-state index in [-0.39, 0.29) is 11.9 Å². The highest BCUT2D eigenvalue weighted by atomic mass is 32.1. The molecule has 1 heterocycles. The Morgan fingerprint density at radius 1 is 1.59 bits per heavy atom. The van der Waals surface area contributed by atoms with Gasteiger partial charge in [0, 0.05) is 13.2 Å². The lowest BCUT2D eigenvalue weighted by atomic mass is 10.3. The molecule has 2 N–H and O–H groups in total. The molecule has 7 heteroatoms. The van der Waals surface area contributed by atoms with Crippen molar-refractivity contribution in [3.63, 3.8) is 0 Å². The molecule has 1 aromatic rings. The van der Waals surface area contributed by atoms with Gasteiger partial charge in [-0.2, -0.15) is 5.10 Å². The molecule has 0 fully saturated rings. The minimum atomic E-state index is -0.468. The van der Waals surface area contributed by atoms with Gasteiger partial charge in [0.25, 0.3) is 0 Å². The van der Waals surface area contributed by atoms with Crippen LogP contribution in [0.15, 0.2) is 0 Å². The molecule has 0 unspecified atom stereocenters. The van der Waals surface area contributed by atoms with Gasteiger partial charge in [0.1, 0.15) is 6.10 Å². The first-order chi connectivity index (χ1) is 7.97. The van der Waals surface area contributed by atoms with Crippen molar-refractivity contribution < 1.29 is 9.53 Å². The van der Waals surface area contributed by atoms with Crippen LogP contribution in [0.2, 0.25) is 0 Å². The van der Waals surface area contributed by atoms with Gasteiger partial charge in [0.15, 0.2) is 10.6 Å². The summed E-state index contributed by atoms with van der Waals surface area (Å²) in [5.74, 6) is 0.540. The van der Waals surface area contributed by atoms with E-state index in [9.17, 15) is 4.79 Å². The van der Waals surface area contributed by atoms with Crippen LogP contribution in [0, 0.1) is 4.77 Å². The molecule has 0 spiro atoms. The fraction of sp³-hybridized carbons (Fsp3) is 0.700. The molecular formula is C10H18N4O2S. The second-order valence-electron chi connectivity index (χ2n) is 4.00. The van der Waals surface area contributed by atoms with E-state index in [1.54, 1.807) is 6.92 Å². The van der Waals surface area contributed by atoms with E-state index in [0.717, 1.165) is 0 Å². The summed E-state index contributed by atoms with van der Waals surface area (Å²) >= 11 is 5.11. The molecule has 0 aliphatic heterocycles. The van der Waals surface area contributed by atoms with Gasteiger partial charge in [0.05, 0.1) is 6.54 Å². The topological polar surface area (TPSA) is 71.9 Å². The van der Waals surface area contributed by atoms with E-state index in [1.165, 1.54) is 7.11 Å². The first-order valence-electron chi connectivity index (χ1n) is 5.43. The number of H-pyrrole nitrogens is 1. The number of methoxy groups -OCH3 is 1.